The molecule has 0 N–H and O–H groups in total. The van der Waals surface area contributed by atoms with Gasteiger partial charge < -0.3 is 4.57 Å². The van der Waals surface area contributed by atoms with Gasteiger partial charge in [-0.15, -0.1) is 10.2 Å². The van der Waals surface area contributed by atoms with Crippen LogP contribution < -0.4 is 0 Å². The maximum absolute atomic E-state index is 12.4. The van der Waals surface area contributed by atoms with Crippen LogP contribution in [0.15, 0.2) is 18.2 Å². The summed E-state index contributed by atoms with van der Waals surface area (Å²) < 4.78 is 2.33. The minimum atomic E-state index is 0.323. The number of hydrogen-bond donors (Lipinski definition) is 0. The summed E-state index contributed by atoms with van der Waals surface area (Å²) in [5.41, 5.74) is 3.84. The number of aryl methyl sites for hydroxylation is 5. The van der Waals surface area contributed by atoms with E-state index >= 15 is 0 Å². The number of ketones is 1. The van der Waals surface area contributed by atoms with Crippen molar-refractivity contribution in [2.75, 3.05) is 0 Å². The van der Waals surface area contributed by atoms with Crippen LogP contribution in [0, 0.1) is 19.8 Å². The summed E-state index contributed by atoms with van der Waals surface area (Å²) in [7, 11) is 0. The molecular formula is C23H33N3O. The zero-order valence-corrected chi connectivity index (χ0v) is 17.3. The molecule has 4 heteroatoms. The molecule has 1 saturated carbocycles. The van der Waals surface area contributed by atoms with Crippen LogP contribution in [0.3, 0.4) is 0 Å². The number of aromatic nitrogens is 3. The molecule has 1 heterocycles. The van der Waals surface area contributed by atoms with Gasteiger partial charge in [0.05, 0.1) is 0 Å². The first-order valence-corrected chi connectivity index (χ1v) is 10.4. The van der Waals surface area contributed by atoms with Crippen molar-refractivity contribution in [2.45, 2.75) is 85.1 Å². The normalized spacial score (nSPS) is 14.1. The summed E-state index contributed by atoms with van der Waals surface area (Å²) in [6.07, 6.45) is 7.31. The Morgan fingerprint density at radius 3 is 2.37 bits per heavy atom. The van der Waals surface area contributed by atoms with Crippen molar-refractivity contribution in [2.24, 2.45) is 5.92 Å². The van der Waals surface area contributed by atoms with E-state index in [0.717, 1.165) is 37.3 Å². The van der Waals surface area contributed by atoms with E-state index in [2.05, 4.69) is 60.7 Å². The molecule has 0 unspecified atom stereocenters. The molecule has 1 fully saturated rings. The summed E-state index contributed by atoms with van der Waals surface area (Å²) in [4.78, 5) is 12.4. The number of carbonyl (C=O) groups excluding carboxylic acids is 1. The fourth-order valence-corrected chi connectivity index (χ4v) is 3.65. The SMILES string of the molecule is Cc1ccc(CCC(=O)CCc2nnc(CCC(C)C)n2C2CC2)c(C)c1. The molecule has 1 aromatic carbocycles. The van der Waals surface area contributed by atoms with Crippen molar-refractivity contribution < 1.29 is 4.79 Å². The summed E-state index contributed by atoms with van der Waals surface area (Å²) in [6.45, 7) is 8.72. The Bertz CT molecular complexity index is 787. The highest BCUT2D eigenvalue weighted by Gasteiger charge is 2.29. The number of benzene rings is 1. The molecule has 3 rings (SSSR count). The average molecular weight is 368 g/mol. The van der Waals surface area contributed by atoms with Crippen LogP contribution in [0.1, 0.15) is 80.3 Å². The van der Waals surface area contributed by atoms with Crippen LogP contribution >= 0.6 is 0 Å². The van der Waals surface area contributed by atoms with E-state index in [4.69, 9.17) is 0 Å². The molecule has 2 aromatic rings. The molecule has 1 aliphatic rings. The lowest BCUT2D eigenvalue weighted by molar-refractivity contribution is -0.119. The van der Waals surface area contributed by atoms with E-state index in [-0.39, 0.29) is 0 Å². The Balaban J connectivity index is 1.54. The third-order valence-corrected chi connectivity index (χ3v) is 5.49. The van der Waals surface area contributed by atoms with Crippen molar-refractivity contribution in [1.82, 2.24) is 14.8 Å². The topological polar surface area (TPSA) is 47.8 Å². The van der Waals surface area contributed by atoms with Gasteiger partial charge in [0.1, 0.15) is 17.4 Å². The maximum atomic E-state index is 12.4. The van der Waals surface area contributed by atoms with Crippen LogP contribution in [0.2, 0.25) is 0 Å². The molecule has 0 spiro atoms. The van der Waals surface area contributed by atoms with E-state index < -0.39 is 0 Å². The van der Waals surface area contributed by atoms with E-state index in [9.17, 15) is 4.79 Å². The molecule has 0 radical (unpaired) electrons. The molecule has 0 atom stereocenters. The molecule has 1 aliphatic carbocycles. The minimum absolute atomic E-state index is 0.323. The number of nitrogens with zero attached hydrogens (tertiary/aromatic N) is 3. The predicted molar refractivity (Wildman–Crippen MR) is 109 cm³/mol. The van der Waals surface area contributed by atoms with Gasteiger partial charge in [0.2, 0.25) is 0 Å². The Kier molecular flexibility index (Phi) is 6.46. The van der Waals surface area contributed by atoms with Gasteiger partial charge in [-0.05, 0) is 56.6 Å². The summed E-state index contributed by atoms with van der Waals surface area (Å²) in [5.74, 6) is 3.12. The molecule has 146 valence electrons. The van der Waals surface area contributed by atoms with Gasteiger partial charge in [0, 0.05) is 31.7 Å². The van der Waals surface area contributed by atoms with Crippen LogP contribution in [0.25, 0.3) is 0 Å². The summed E-state index contributed by atoms with van der Waals surface area (Å²) in [6, 6.07) is 7.05. The summed E-state index contributed by atoms with van der Waals surface area (Å²) in [5, 5.41) is 8.87. The third-order valence-electron chi connectivity index (χ3n) is 5.49. The highest BCUT2D eigenvalue weighted by molar-refractivity contribution is 5.78. The van der Waals surface area contributed by atoms with Gasteiger partial charge in [0.15, 0.2) is 0 Å². The second-order valence-electron chi connectivity index (χ2n) is 8.53. The zero-order valence-electron chi connectivity index (χ0n) is 17.3. The molecule has 0 amide bonds. The van der Waals surface area contributed by atoms with E-state index in [1.54, 1.807) is 0 Å². The molecule has 0 bridgehead atoms. The summed E-state index contributed by atoms with van der Waals surface area (Å²) >= 11 is 0. The highest BCUT2D eigenvalue weighted by Crippen LogP contribution is 2.37. The first-order valence-electron chi connectivity index (χ1n) is 10.4. The molecule has 0 saturated heterocycles. The van der Waals surface area contributed by atoms with Crippen molar-refractivity contribution in [3.05, 3.63) is 46.5 Å². The molecule has 1 aromatic heterocycles. The molecule has 4 nitrogen and oxygen atoms in total. The average Bonchev–Trinajstić information content (AvgIpc) is 3.37. The fraction of sp³-hybridized carbons (Fsp3) is 0.609. The number of Topliss-reactive ketones (excluding diaryl/α,β-unsaturated/α-hetero) is 1. The second-order valence-corrected chi connectivity index (χ2v) is 8.53. The largest absolute Gasteiger partial charge is 0.312 e. The first-order chi connectivity index (χ1) is 12.9. The van der Waals surface area contributed by atoms with Gasteiger partial charge in [-0.1, -0.05) is 37.6 Å². The van der Waals surface area contributed by atoms with Gasteiger partial charge in [-0.25, -0.2) is 0 Å². The quantitative estimate of drug-likeness (QED) is 0.597. The zero-order chi connectivity index (χ0) is 19.4. The Hall–Kier alpha value is -1.97. The van der Waals surface area contributed by atoms with Crippen molar-refractivity contribution in [1.29, 1.82) is 0 Å². The Labute approximate surface area is 163 Å². The Morgan fingerprint density at radius 2 is 1.74 bits per heavy atom. The lowest BCUT2D eigenvalue weighted by Gasteiger charge is -2.10. The van der Waals surface area contributed by atoms with Gasteiger partial charge in [-0.2, -0.15) is 0 Å². The number of carbonyl (C=O) groups is 1. The van der Waals surface area contributed by atoms with Crippen LogP contribution in [-0.2, 0) is 24.1 Å². The highest BCUT2D eigenvalue weighted by atomic mass is 16.1. The fourth-order valence-electron chi connectivity index (χ4n) is 3.65. The van der Waals surface area contributed by atoms with Gasteiger partial charge >= 0.3 is 0 Å². The standard InChI is InChI=1S/C23H33N3O/c1-16(2)5-13-22-24-25-23(26(22)20-9-10-20)14-12-21(27)11-8-19-7-6-17(3)15-18(19)4/h6-7,15-16,20H,5,8-14H2,1-4H3. The number of hydrogen-bond acceptors (Lipinski definition) is 3. The van der Waals surface area contributed by atoms with Crippen molar-refractivity contribution >= 4 is 5.78 Å². The lowest BCUT2D eigenvalue weighted by atomic mass is 9.99. The van der Waals surface area contributed by atoms with Crippen LogP contribution in [0.4, 0.5) is 0 Å². The number of rotatable bonds is 10. The van der Waals surface area contributed by atoms with Crippen LogP contribution in [-0.4, -0.2) is 20.5 Å². The first kappa shape index (κ1) is 19.8. The van der Waals surface area contributed by atoms with E-state index in [1.165, 1.54) is 29.5 Å². The predicted octanol–water partition coefficient (Wildman–Crippen LogP) is 4.95. The minimum Gasteiger partial charge on any atom is -0.312 e. The van der Waals surface area contributed by atoms with E-state index in [0.29, 0.717) is 30.6 Å². The monoisotopic (exact) mass is 367 g/mol. The van der Waals surface area contributed by atoms with Crippen molar-refractivity contribution in [3.63, 3.8) is 0 Å². The second kappa shape index (κ2) is 8.81. The molecule has 0 aliphatic heterocycles. The lowest BCUT2D eigenvalue weighted by Crippen LogP contribution is -2.10. The maximum Gasteiger partial charge on any atom is 0.133 e. The third kappa shape index (κ3) is 5.50. The van der Waals surface area contributed by atoms with Gasteiger partial charge in [0.25, 0.3) is 0 Å². The Morgan fingerprint density at radius 1 is 1.07 bits per heavy atom. The van der Waals surface area contributed by atoms with E-state index in [1.807, 2.05) is 0 Å². The van der Waals surface area contributed by atoms with Gasteiger partial charge in [-0.3, -0.25) is 4.79 Å². The van der Waals surface area contributed by atoms with Crippen molar-refractivity contribution in [3.8, 4) is 0 Å². The van der Waals surface area contributed by atoms with Crippen LogP contribution in [0.5, 0.6) is 0 Å². The molecular weight excluding hydrogens is 334 g/mol. The molecule has 27 heavy (non-hydrogen) atoms. The smallest absolute Gasteiger partial charge is 0.133 e.